The number of aliphatic hydroxyl groups is 1. The van der Waals surface area contributed by atoms with Gasteiger partial charge in [-0.2, -0.15) is 0 Å². The Bertz CT molecular complexity index is 1410. The summed E-state index contributed by atoms with van der Waals surface area (Å²) >= 11 is 0. The molecule has 0 aliphatic carbocycles. The number of allylic oxidation sites excluding steroid dienone is 3. The molecule has 0 bridgehead atoms. The number of cyclic esters (lactones) is 1. The monoisotopic (exact) mass is 871 g/mol. The Labute approximate surface area is 361 Å². The van der Waals surface area contributed by atoms with Crippen LogP contribution >= 0.6 is 0 Å². The average molecular weight is 872 g/mol. The first-order valence-electron chi connectivity index (χ1n) is 21.5. The van der Waals surface area contributed by atoms with Gasteiger partial charge in [-0.25, -0.2) is 0 Å². The second-order valence-electron chi connectivity index (χ2n) is 16.6. The molecular weight excluding hydrogens is 798 g/mol. The fraction of sp³-hybridized carbons (Fsp3) is 0.818. The van der Waals surface area contributed by atoms with E-state index in [1.165, 1.54) is 13.2 Å². The Kier molecular flexibility index (Phi) is 22.6. The predicted octanol–water partition coefficient (Wildman–Crippen LogP) is 3.36. The Morgan fingerprint density at radius 2 is 1.69 bits per heavy atom. The summed E-state index contributed by atoms with van der Waals surface area (Å²) in [7, 11) is 8.19. The van der Waals surface area contributed by atoms with Crippen LogP contribution in [0.4, 0.5) is 0 Å². The molecule has 0 amide bonds. The lowest BCUT2D eigenvalue weighted by Crippen LogP contribution is -2.66. The number of ketones is 1. The molecule has 0 spiro atoms. The lowest BCUT2D eigenvalue weighted by Gasteiger charge is -2.51. The summed E-state index contributed by atoms with van der Waals surface area (Å²) < 4.78 is 66.5. The van der Waals surface area contributed by atoms with E-state index in [0.29, 0.717) is 45.6 Å². The molecule has 0 aromatic heterocycles. The fourth-order valence-electron chi connectivity index (χ4n) is 8.25. The van der Waals surface area contributed by atoms with Crippen molar-refractivity contribution in [2.75, 3.05) is 61.9 Å². The maximum absolute atomic E-state index is 13.4. The summed E-state index contributed by atoms with van der Waals surface area (Å²) in [5, 5.41) is 12.2. The van der Waals surface area contributed by atoms with E-state index in [4.69, 9.17) is 52.1 Å². The number of likely N-dealkylation sites (N-methyl/N-ethyl adjacent to an activating group) is 1. The highest BCUT2D eigenvalue weighted by Crippen LogP contribution is 2.38. The van der Waals surface area contributed by atoms with Crippen molar-refractivity contribution in [2.45, 2.75) is 159 Å². The third-order valence-corrected chi connectivity index (χ3v) is 11.6. The molecule has 0 radical (unpaired) electrons. The largest absolute Gasteiger partial charge is 0.462 e. The maximum Gasteiger partial charge on any atom is 0.309 e. The molecule has 3 rings (SSSR count). The van der Waals surface area contributed by atoms with Gasteiger partial charge in [-0.1, -0.05) is 32.1 Å². The molecule has 15 atom stereocenters. The number of hydrogen-bond donors (Lipinski definition) is 1. The van der Waals surface area contributed by atoms with Crippen molar-refractivity contribution in [2.24, 2.45) is 11.8 Å². The van der Waals surface area contributed by atoms with Crippen molar-refractivity contribution in [3.05, 3.63) is 24.3 Å². The number of carbonyl (C=O) groups is 4. The Morgan fingerprint density at radius 3 is 2.33 bits per heavy atom. The van der Waals surface area contributed by atoms with E-state index in [-0.39, 0.29) is 25.0 Å². The second kappa shape index (κ2) is 26.2. The van der Waals surface area contributed by atoms with E-state index in [9.17, 15) is 24.3 Å². The zero-order valence-corrected chi connectivity index (χ0v) is 38.1. The molecule has 61 heavy (non-hydrogen) atoms. The third kappa shape index (κ3) is 15.5. The van der Waals surface area contributed by atoms with Crippen LogP contribution in [0.15, 0.2) is 24.3 Å². The number of methoxy groups -OCH3 is 3. The van der Waals surface area contributed by atoms with Gasteiger partial charge < -0.3 is 66.9 Å². The zero-order chi connectivity index (χ0) is 45.3. The van der Waals surface area contributed by atoms with Crippen LogP contribution in [0.1, 0.15) is 80.1 Å². The summed E-state index contributed by atoms with van der Waals surface area (Å²) in [5.74, 6) is -2.74. The van der Waals surface area contributed by atoms with Crippen LogP contribution in [0.5, 0.6) is 0 Å². The van der Waals surface area contributed by atoms with Gasteiger partial charge in [0.25, 0.3) is 0 Å². The first-order chi connectivity index (χ1) is 29.0. The molecule has 17 nitrogen and oxygen atoms in total. The van der Waals surface area contributed by atoms with Gasteiger partial charge in [0.1, 0.15) is 42.9 Å². The summed E-state index contributed by atoms with van der Waals surface area (Å²) in [6, 6.07) is -0.722. The first kappa shape index (κ1) is 52.7. The predicted molar refractivity (Wildman–Crippen MR) is 221 cm³/mol. The van der Waals surface area contributed by atoms with Gasteiger partial charge in [0.15, 0.2) is 18.4 Å². The lowest BCUT2D eigenvalue weighted by atomic mass is 9.83. The molecule has 2 saturated heterocycles. The summed E-state index contributed by atoms with van der Waals surface area (Å²) in [6.45, 7) is 12.3. The highest BCUT2D eigenvalue weighted by molar-refractivity contribution is 5.91. The normalized spacial score (nSPS) is 38.1. The molecule has 350 valence electrons. The minimum atomic E-state index is -1.36. The van der Waals surface area contributed by atoms with Crippen molar-refractivity contribution in [3.63, 3.8) is 0 Å². The number of rotatable bonds is 18. The molecule has 1 N–H and O–H groups in total. The summed E-state index contributed by atoms with van der Waals surface area (Å²) in [6.07, 6.45) is -2.27. The van der Waals surface area contributed by atoms with Gasteiger partial charge in [-0.15, -0.1) is 0 Å². The van der Waals surface area contributed by atoms with Crippen molar-refractivity contribution in [3.8, 4) is 0 Å². The van der Waals surface area contributed by atoms with Crippen molar-refractivity contribution in [1.29, 1.82) is 0 Å². The van der Waals surface area contributed by atoms with Crippen molar-refractivity contribution >= 4 is 24.0 Å². The summed E-state index contributed by atoms with van der Waals surface area (Å²) in [4.78, 5) is 53.7. The number of carbonyl (C=O) groups excluding carboxylic acids is 4. The molecule has 0 saturated carbocycles. The molecule has 0 aromatic carbocycles. The molecular formula is C44H73NO16. The Morgan fingerprint density at radius 1 is 0.967 bits per heavy atom. The van der Waals surface area contributed by atoms with Crippen LogP contribution in [-0.4, -0.2) is 175 Å². The van der Waals surface area contributed by atoms with Crippen LogP contribution in [0.3, 0.4) is 0 Å². The van der Waals surface area contributed by atoms with E-state index < -0.39 is 109 Å². The minimum absolute atomic E-state index is 0.00316. The second-order valence-corrected chi connectivity index (χ2v) is 16.6. The molecule has 0 unspecified atom stereocenters. The zero-order valence-electron chi connectivity index (χ0n) is 38.1. The van der Waals surface area contributed by atoms with Gasteiger partial charge >= 0.3 is 11.9 Å². The number of esters is 2. The average Bonchev–Trinajstić information content (AvgIpc) is 3.20. The van der Waals surface area contributed by atoms with E-state index in [1.54, 1.807) is 74.2 Å². The first-order valence-corrected chi connectivity index (χ1v) is 21.5. The molecule has 0 aromatic rings. The topological polar surface area (TPSA) is 193 Å². The van der Waals surface area contributed by atoms with Crippen LogP contribution in [0.2, 0.25) is 0 Å². The molecule has 17 heteroatoms. The van der Waals surface area contributed by atoms with Gasteiger partial charge in [0.05, 0.1) is 62.8 Å². The minimum Gasteiger partial charge on any atom is -0.462 e. The number of ether oxygens (including phenoxy) is 11. The molecule has 2 fully saturated rings. The molecule has 3 heterocycles. The SMILES string of the molecule is CCC(=O)O[C@@H]1CC(=O)O[C@H](C)C/C=C/C=C/C(=O)[C@H](C)C[C@H](CC=O)[C@H](O[C@@H]2O[C@H](C)[C@@H](O[C@H]3C[C@@](C)(OC)[C@@H](OCCOCCOC)[C@H](C)O3)[C@H](N(C)C)[C@H]2O)[C@H]1OC. The quantitative estimate of drug-likeness (QED) is 0.120. The van der Waals surface area contributed by atoms with E-state index in [2.05, 4.69) is 0 Å². The van der Waals surface area contributed by atoms with E-state index in [0.717, 1.165) is 0 Å². The van der Waals surface area contributed by atoms with Crippen LogP contribution < -0.4 is 0 Å². The van der Waals surface area contributed by atoms with Crippen LogP contribution in [0, 0.1) is 11.8 Å². The number of aldehydes is 1. The van der Waals surface area contributed by atoms with Gasteiger partial charge in [-0.05, 0) is 60.2 Å². The number of nitrogens with zero attached hydrogens (tertiary/aromatic N) is 1. The Balaban J connectivity index is 1.96. The number of aliphatic hydroxyl groups excluding tert-OH is 1. The Hall–Kier alpha value is -2.68. The highest BCUT2D eigenvalue weighted by atomic mass is 16.7. The van der Waals surface area contributed by atoms with Gasteiger partial charge in [0, 0.05) is 52.9 Å². The fourth-order valence-corrected chi connectivity index (χ4v) is 8.25. The van der Waals surface area contributed by atoms with Crippen molar-refractivity contribution < 1.29 is 76.4 Å². The van der Waals surface area contributed by atoms with E-state index in [1.807, 2.05) is 18.7 Å². The van der Waals surface area contributed by atoms with Gasteiger partial charge in [0.2, 0.25) is 0 Å². The smallest absolute Gasteiger partial charge is 0.309 e. The maximum atomic E-state index is 13.4. The summed E-state index contributed by atoms with van der Waals surface area (Å²) in [5.41, 5.74) is -0.800. The number of hydrogen-bond acceptors (Lipinski definition) is 17. The standard InChI is InChI=1S/C44H73NO16/c1-12-34(48)59-33-25-35(49)56-28(3)16-14-13-15-17-32(47)27(2)24-31(18-19-46)40(41(33)52-10)61-43-38(50)37(45(7)8)39(29(4)58-43)60-36-26-44(6,53-11)42(30(5)57-36)55-23-22-54-21-20-51-9/h13-15,17,19,27-31,33,36-43,50H,12,16,18,20-26H2,1-11H3/b14-13+,17-15+/t27-,28-,29-,30+,31+,33-,36+,37-,38-,39-,40+,41+,42+,43+,44-/m1/s1. The van der Waals surface area contributed by atoms with Crippen molar-refractivity contribution in [1.82, 2.24) is 4.90 Å². The van der Waals surface area contributed by atoms with Crippen LogP contribution in [0.25, 0.3) is 0 Å². The molecule has 3 aliphatic rings. The van der Waals surface area contributed by atoms with E-state index >= 15 is 0 Å². The lowest BCUT2D eigenvalue weighted by molar-refractivity contribution is -0.347. The highest BCUT2D eigenvalue weighted by Gasteiger charge is 2.53. The van der Waals surface area contributed by atoms with Crippen LogP contribution in [-0.2, 0) is 71.3 Å². The third-order valence-electron chi connectivity index (χ3n) is 11.6. The molecule has 3 aliphatic heterocycles. The van der Waals surface area contributed by atoms with Gasteiger partial charge in [-0.3, -0.25) is 14.4 Å².